The van der Waals surface area contributed by atoms with Crippen molar-refractivity contribution >= 4 is 12.1 Å². The molecule has 0 aromatic heterocycles. The first kappa shape index (κ1) is 17.9. The highest BCUT2D eigenvalue weighted by Crippen LogP contribution is 2.15. The maximum atomic E-state index is 13.5. The smallest absolute Gasteiger partial charge is 0.408 e. The number of hydrogen-bond acceptors (Lipinski definition) is 3. The van der Waals surface area contributed by atoms with E-state index in [1.807, 2.05) is 0 Å². The third kappa shape index (κ3) is 5.67. The van der Waals surface area contributed by atoms with E-state index in [4.69, 9.17) is 9.84 Å². The highest BCUT2D eigenvalue weighted by Gasteiger charge is 2.24. The number of carbonyl (C=O) groups is 2. The fourth-order valence-corrected chi connectivity index (χ4v) is 1.77. The number of ether oxygens (including phenoxy) is 1. The van der Waals surface area contributed by atoms with Gasteiger partial charge in [0.2, 0.25) is 0 Å². The summed E-state index contributed by atoms with van der Waals surface area (Å²) in [5.74, 6) is -2.80. The Morgan fingerprint density at radius 1 is 1.27 bits per heavy atom. The number of carboxylic acids is 1. The molecule has 0 aliphatic rings. The van der Waals surface area contributed by atoms with Crippen LogP contribution < -0.4 is 5.32 Å². The molecule has 0 spiro atoms. The van der Waals surface area contributed by atoms with Crippen molar-refractivity contribution in [1.82, 2.24) is 5.32 Å². The van der Waals surface area contributed by atoms with E-state index in [9.17, 15) is 18.4 Å². The molecule has 7 heteroatoms. The number of alkyl carbamates (subject to hydrolysis) is 1. The van der Waals surface area contributed by atoms with Crippen molar-refractivity contribution in [2.75, 3.05) is 0 Å². The Bertz CT molecular complexity index is 535. The fourth-order valence-electron chi connectivity index (χ4n) is 1.77. The SMILES string of the molecule is CC(C)(C)OC(=O)N[C@@H](CCc1c(F)cccc1F)C(=O)O. The van der Waals surface area contributed by atoms with E-state index in [1.165, 1.54) is 6.07 Å². The van der Waals surface area contributed by atoms with Gasteiger partial charge in [-0.15, -0.1) is 0 Å². The number of rotatable bonds is 5. The van der Waals surface area contributed by atoms with E-state index < -0.39 is 35.3 Å². The van der Waals surface area contributed by atoms with Gasteiger partial charge in [-0.1, -0.05) is 6.07 Å². The third-order valence-electron chi connectivity index (χ3n) is 2.73. The molecule has 0 aliphatic carbocycles. The van der Waals surface area contributed by atoms with Crippen LogP contribution in [0.15, 0.2) is 18.2 Å². The molecule has 0 heterocycles. The molecule has 122 valence electrons. The number of benzene rings is 1. The summed E-state index contributed by atoms with van der Waals surface area (Å²) < 4.78 is 31.9. The number of hydrogen-bond donors (Lipinski definition) is 2. The van der Waals surface area contributed by atoms with E-state index in [1.54, 1.807) is 20.8 Å². The van der Waals surface area contributed by atoms with Crippen molar-refractivity contribution in [3.05, 3.63) is 35.4 Å². The van der Waals surface area contributed by atoms with E-state index in [2.05, 4.69) is 5.32 Å². The van der Waals surface area contributed by atoms with E-state index in [0.29, 0.717) is 0 Å². The fraction of sp³-hybridized carbons (Fsp3) is 0.467. The maximum absolute atomic E-state index is 13.5. The minimum atomic E-state index is -1.30. The minimum Gasteiger partial charge on any atom is -0.480 e. The number of amides is 1. The van der Waals surface area contributed by atoms with Gasteiger partial charge in [-0.2, -0.15) is 0 Å². The summed E-state index contributed by atoms with van der Waals surface area (Å²) >= 11 is 0. The molecule has 0 radical (unpaired) electrons. The first-order valence-corrected chi connectivity index (χ1v) is 6.75. The van der Waals surface area contributed by atoms with Crippen LogP contribution >= 0.6 is 0 Å². The molecule has 2 N–H and O–H groups in total. The van der Waals surface area contributed by atoms with Gasteiger partial charge < -0.3 is 15.2 Å². The average molecular weight is 315 g/mol. The second-order valence-electron chi connectivity index (χ2n) is 5.78. The number of aliphatic carboxylic acids is 1. The van der Waals surface area contributed by atoms with Crippen molar-refractivity contribution in [1.29, 1.82) is 0 Å². The van der Waals surface area contributed by atoms with Crippen molar-refractivity contribution in [3.63, 3.8) is 0 Å². The minimum absolute atomic E-state index is 0.160. The molecule has 0 aliphatic heterocycles. The Hall–Kier alpha value is -2.18. The summed E-state index contributed by atoms with van der Waals surface area (Å²) in [6.07, 6.45) is -1.22. The van der Waals surface area contributed by atoms with Gasteiger partial charge in [0.05, 0.1) is 0 Å². The quantitative estimate of drug-likeness (QED) is 0.876. The van der Waals surface area contributed by atoms with Gasteiger partial charge >= 0.3 is 12.1 Å². The standard InChI is InChI=1S/C15H19F2NO4/c1-15(2,3)22-14(21)18-12(13(19)20)8-7-9-10(16)5-4-6-11(9)17/h4-6,12H,7-8H2,1-3H3,(H,18,21)(H,19,20)/t12-/m0/s1. The van der Waals surface area contributed by atoms with Gasteiger partial charge in [0.25, 0.3) is 0 Å². The maximum Gasteiger partial charge on any atom is 0.408 e. The van der Waals surface area contributed by atoms with E-state index >= 15 is 0 Å². The van der Waals surface area contributed by atoms with Crippen LogP contribution in [0.3, 0.4) is 0 Å². The van der Waals surface area contributed by atoms with Crippen LogP contribution in [0, 0.1) is 11.6 Å². The van der Waals surface area contributed by atoms with Crippen LogP contribution in [-0.4, -0.2) is 28.8 Å². The van der Waals surface area contributed by atoms with Crippen molar-refractivity contribution in [3.8, 4) is 0 Å². The summed E-state index contributed by atoms with van der Waals surface area (Å²) in [5.41, 5.74) is -0.982. The Morgan fingerprint density at radius 3 is 2.27 bits per heavy atom. The van der Waals surface area contributed by atoms with Crippen LogP contribution in [0.1, 0.15) is 32.8 Å². The molecular formula is C15H19F2NO4. The van der Waals surface area contributed by atoms with Gasteiger partial charge in [-0.05, 0) is 45.7 Å². The van der Waals surface area contributed by atoms with Crippen molar-refractivity contribution in [2.45, 2.75) is 45.3 Å². The number of nitrogens with one attached hydrogen (secondary N) is 1. The lowest BCUT2D eigenvalue weighted by Gasteiger charge is -2.22. The zero-order chi connectivity index (χ0) is 16.9. The predicted octanol–water partition coefficient (Wildman–Crippen LogP) is 2.88. The summed E-state index contributed by atoms with van der Waals surface area (Å²) in [6, 6.07) is 2.11. The number of carboxylic acid groups (broad SMARTS) is 1. The zero-order valence-electron chi connectivity index (χ0n) is 12.7. The topological polar surface area (TPSA) is 75.6 Å². The normalized spacial score (nSPS) is 12.6. The van der Waals surface area contributed by atoms with Crippen molar-refractivity contribution < 1.29 is 28.2 Å². The third-order valence-corrected chi connectivity index (χ3v) is 2.73. The number of halogens is 2. The highest BCUT2D eigenvalue weighted by molar-refractivity contribution is 5.80. The predicted molar refractivity (Wildman–Crippen MR) is 75.5 cm³/mol. The molecule has 1 aromatic carbocycles. The van der Waals surface area contributed by atoms with E-state index in [0.717, 1.165) is 12.1 Å². The molecule has 0 fully saturated rings. The molecule has 5 nitrogen and oxygen atoms in total. The molecule has 1 aromatic rings. The summed E-state index contributed by atoms with van der Waals surface area (Å²) in [5, 5.41) is 11.3. The molecule has 0 bridgehead atoms. The summed E-state index contributed by atoms with van der Waals surface area (Å²) in [7, 11) is 0. The molecule has 22 heavy (non-hydrogen) atoms. The molecule has 0 saturated carbocycles. The van der Waals surface area contributed by atoms with E-state index in [-0.39, 0.29) is 18.4 Å². The summed E-state index contributed by atoms with van der Waals surface area (Å²) in [6.45, 7) is 4.91. The molecule has 1 atom stereocenters. The van der Waals surface area contributed by atoms with Crippen LogP contribution in [-0.2, 0) is 16.0 Å². The molecule has 0 unspecified atom stereocenters. The van der Waals surface area contributed by atoms with Crippen molar-refractivity contribution in [2.24, 2.45) is 0 Å². The first-order chi connectivity index (χ1) is 10.1. The zero-order valence-corrected chi connectivity index (χ0v) is 12.7. The Morgan fingerprint density at radius 2 is 1.82 bits per heavy atom. The molecule has 1 rings (SSSR count). The summed E-state index contributed by atoms with van der Waals surface area (Å²) in [4.78, 5) is 22.7. The second-order valence-corrected chi connectivity index (χ2v) is 5.78. The Kier molecular flexibility index (Phi) is 5.84. The molecule has 0 saturated heterocycles. The Balaban J connectivity index is 2.70. The van der Waals surface area contributed by atoms with Gasteiger partial charge in [-0.25, -0.2) is 18.4 Å². The lowest BCUT2D eigenvalue weighted by molar-refractivity contribution is -0.139. The van der Waals surface area contributed by atoms with Gasteiger partial charge in [0.1, 0.15) is 23.3 Å². The van der Waals surface area contributed by atoms with Gasteiger partial charge in [0.15, 0.2) is 0 Å². The number of carbonyl (C=O) groups excluding carboxylic acids is 1. The van der Waals surface area contributed by atoms with Gasteiger partial charge in [-0.3, -0.25) is 0 Å². The lowest BCUT2D eigenvalue weighted by Crippen LogP contribution is -2.43. The average Bonchev–Trinajstić information content (AvgIpc) is 2.34. The molecule has 1 amide bonds. The Labute approximate surface area is 127 Å². The van der Waals surface area contributed by atoms with Crippen LogP contribution in [0.2, 0.25) is 0 Å². The second kappa shape index (κ2) is 7.20. The lowest BCUT2D eigenvalue weighted by atomic mass is 10.0. The molecular weight excluding hydrogens is 296 g/mol. The largest absolute Gasteiger partial charge is 0.480 e. The van der Waals surface area contributed by atoms with Crippen LogP contribution in [0.25, 0.3) is 0 Å². The first-order valence-electron chi connectivity index (χ1n) is 6.75. The van der Waals surface area contributed by atoms with Gasteiger partial charge in [0, 0.05) is 5.56 Å². The monoisotopic (exact) mass is 315 g/mol. The van der Waals surface area contributed by atoms with Crippen LogP contribution in [0.5, 0.6) is 0 Å². The van der Waals surface area contributed by atoms with Crippen LogP contribution in [0.4, 0.5) is 13.6 Å². The highest BCUT2D eigenvalue weighted by atomic mass is 19.1.